The van der Waals surface area contributed by atoms with Crippen LogP contribution < -0.4 is 4.90 Å². The summed E-state index contributed by atoms with van der Waals surface area (Å²) >= 11 is 3.24. The van der Waals surface area contributed by atoms with E-state index in [0.717, 1.165) is 23.3 Å². The summed E-state index contributed by atoms with van der Waals surface area (Å²) in [5.74, 6) is -1.12. The number of benzene rings is 1. The van der Waals surface area contributed by atoms with Crippen molar-refractivity contribution in [2.24, 2.45) is 0 Å². The molecule has 33 heavy (non-hydrogen) atoms. The van der Waals surface area contributed by atoms with E-state index in [1.165, 1.54) is 18.9 Å². The molecule has 0 saturated heterocycles. The molecule has 0 aliphatic heterocycles. The molecule has 0 spiro atoms. The molecule has 0 atom stereocenters. The van der Waals surface area contributed by atoms with Gasteiger partial charge in [-0.05, 0) is 6.07 Å². The number of sulfone groups is 1. The summed E-state index contributed by atoms with van der Waals surface area (Å²) in [6.07, 6.45) is 1.48. The topological polar surface area (TPSA) is 161 Å². The molecule has 1 aromatic carbocycles. The molecular weight excluding hydrogens is 546 g/mol. The molecule has 0 N–H and O–H groups in total. The normalized spacial score (nSPS) is 11.8. The van der Waals surface area contributed by atoms with Crippen LogP contribution in [0, 0.1) is 10.1 Å². The van der Waals surface area contributed by atoms with E-state index in [2.05, 4.69) is 15.9 Å². The van der Waals surface area contributed by atoms with Gasteiger partial charge in [-0.15, -0.1) is 0 Å². The van der Waals surface area contributed by atoms with Crippen LogP contribution in [-0.2, 0) is 28.9 Å². The maximum absolute atomic E-state index is 12.9. The van der Waals surface area contributed by atoms with Gasteiger partial charge in [-0.1, -0.05) is 22.9 Å². The van der Waals surface area contributed by atoms with Crippen LogP contribution in [0.5, 0.6) is 0 Å². The molecule has 1 amide bonds. The van der Waals surface area contributed by atoms with Crippen LogP contribution in [0.3, 0.4) is 0 Å². The van der Waals surface area contributed by atoms with Crippen molar-refractivity contribution in [2.45, 2.75) is 18.2 Å². The highest BCUT2D eigenvalue weighted by atomic mass is 79.9. The lowest BCUT2D eigenvalue weighted by atomic mass is 10.1. The van der Waals surface area contributed by atoms with Crippen molar-refractivity contribution in [3.05, 3.63) is 27.8 Å². The number of rotatable bonds is 14. The van der Waals surface area contributed by atoms with Crippen LogP contribution >= 0.6 is 15.9 Å². The number of nitrogens with zero attached hydrogens (tertiary/aromatic N) is 3. The Bertz CT molecular complexity index is 1090. The SMILES string of the molecule is CCS(=O)(=O)c1cc([N+](=O)[O-])c(C(=O)N(C)CCC=O)cc1N(CCBr)CCOS(C)(=O)=O. The first-order chi connectivity index (χ1) is 15.3. The number of amides is 1. The summed E-state index contributed by atoms with van der Waals surface area (Å²) in [6.45, 7) is 1.19. The molecule has 186 valence electrons. The fourth-order valence-corrected chi connectivity index (χ4v) is 4.75. The van der Waals surface area contributed by atoms with Gasteiger partial charge < -0.3 is 14.6 Å². The lowest BCUT2D eigenvalue weighted by Gasteiger charge is -2.27. The van der Waals surface area contributed by atoms with Gasteiger partial charge in [0.15, 0.2) is 9.84 Å². The third-order valence-electron chi connectivity index (χ3n) is 4.50. The van der Waals surface area contributed by atoms with Crippen LogP contribution in [0.1, 0.15) is 23.7 Å². The van der Waals surface area contributed by atoms with E-state index >= 15 is 0 Å². The Morgan fingerprint density at radius 1 is 1.21 bits per heavy atom. The number of hydrogen-bond donors (Lipinski definition) is 0. The number of carbonyl (C=O) groups is 2. The molecule has 0 aliphatic rings. The van der Waals surface area contributed by atoms with Crippen molar-refractivity contribution in [1.82, 2.24) is 4.90 Å². The number of alkyl halides is 1. The third kappa shape index (κ3) is 8.32. The monoisotopic (exact) mass is 571 g/mol. The van der Waals surface area contributed by atoms with E-state index in [9.17, 15) is 36.5 Å². The number of anilines is 1. The zero-order chi connectivity index (χ0) is 25.4. The molecule has 12 nitrogen and oxygen atoms in total. The number of aldehydes is 1. The molecule has 15 heteroatoms. The number of nitro benzene ring substituents is 1. The highest BCUT2D eigenvalue weighted by molar-refractivity contribution is 9.09. The van der Waals surface area contributed by atoms with Crippen LogP contribution in [0.2, 0.25) is 0 Å². The molecule has 0 aliphatic carbocycles. The maximum atomic E-state index is 12.9. The second-order valence-electron chi connectivity index (χ2n) is 6.88. The van der Waals surface area contributed by atoms with Crippen molar-refractivity contribution in [2.75, 3.05) is 55.5 Å². The largest absolute Gasteiger partial charge is 0.367 e. The Morgan fingerprint density at radius 3 is 2.33 bits per heavy atom. The summed E-state index contributed by atoms with van der Waals surface area (Å²) in [7, 11) is -6.36. The highest BCUT2D eigenvalue weighted by Crippen LogP contribution is 2.34. The Kier molecular flexibility index (Phi) is 10.9. The van der Waals surface area contributed by atoms with Crippen LogP contribution in [0.25, 0.3) is 0 Å². The van der Waals surface area contributed by atoms with Gasteiger partial charge in [0, 0.05) is 44.5 Å². The second kappa shape index (κ2) is 12.4. The van der Waals surface area contributed by atoms with E-state index in [4.69, 9.17) is 4.18 Å². The minimum Gasteiger partial charge on any atom is -0.367 e. The summed E-state index contributed by atoms with van der Waals surface area (Å²) in [5.41, 5.74) is -1.05. The van der Waals surface area contributed by atoms with E-state index < -0.39 is 36.5 Å². The molecule has 0 aromatic heterocycles. The summed E-state index contributed by atoms with van der Waals surface area (Å²) < 4.78 is 52.9. The average molecular weight is 572 g/mol. The maximum Gasteiger partial charge on any atom is 0.283 e. The fraction of sp³-hybridized carbons (Fsp3) is 0.556. The minimum atomic E-state index is -3.97. The van der Waals surface area contributed by atoms with E-state index in [1.54, 1.807) is 0 Å². The molecule has 0 radical (unpaired) electrons. The zero-order valence-electron chi connectivity index (χ0n) is 18.4. The van der Waals surface area contributed by atoms with Gasteiger partial charge in [0.25, 0.3) is 21.7 Å². The predicted octanol–water partition coefficient (Wildman–Crippen LogP) is 1.23. The molecule has 0 unspecified atom stereocenters. The van der Waals surface area contributed by atoms with E-state index in [1.807, 2.05) is 0 Å². The lowest BCUT2D eigenvalue weighted by molar-refractivity contribution is -0.385. The summed E-state index contributed by atoms with van der Waals surface area (Å²) in [5, 5.41) is 12.0. The molecule has 1 rings (SSSR count). The first-order valence-electron chi connectivity index (χ1n) is 9.68. The first kappa shape index (κ1) is 28.9. The van der Waals surface area contributed by atoms with Gasteiger partial charge in [-0.2, -0.15) is 8.42 Å². The predicted molar refractivity (Wildman–Crippen MR) is 125 cm³/mol. The van der Waals surface area contributed by atoms with Gasteiger partial charge in [-0.25, -0.2) is 8.42 Å². The smallest absolute Gasteiger partial charge is 0.283 e. The molecular formula is C18H26BrN3O9S2. The zero-order valence-corrected chi connectivity index (χ0v) is 21.6. The number of hydrogen-bond acceptors (Lipinski definition) is 10. The van der Waals surface area contributed by atoms with Gasteiger partial charge in [0.1, 0.15) is 11.8 Å². The Labute approximate surface area is 201 Å². The van der Waals surface area contributed by atoms with Crippen molar-refractivity contribution in [3.63, 3.8) is 0 Å². The fourth-order valence-electron chi connectivity index (χ4n) is 2.84. The Morgan fingerprint density at radius 2 is 1.85 bits per heavy atom. The summed E-state index contributed by atoms with van der Waals surface area (Å²) in [6, 6.07) is 1.96. The van der Waals surface area contributed by atoms with E-state index in [0.29, 0.717) is 11.6 Å². The number of carbonyl (C=O) groups excluding carboxylic acids is 2. The molecule has 0 fully saturated rings. The second-order valence-corrected chi connectivity index (χ2v) is 11.6. The highest BCUT2D eigenvalue weighted by Gasteiger charge is 2.31. The standard InChI is InChI=1S/C18H26BrN3O9S2/c1-4-33(29,30)17-13-15(22(25)26)14(18(24)20(2)7-5-10-23)12-16(17)21(8-6-19)9-11-31-32(3,27)28/h10,12-13H,4-9,11H2,1-3H3. The first-order valence-corrected chi connectivity index (χ1v) is 14.3. The summed E-state index contributed by atoms with van der Waals surface area (Å²) in [4.78, 5) is 36.6. The number of halogens is 1. The van der Waals surface area contributed by atoms with Gasteiger partial charge in [-0.3, -0.25) is 19.1 Å². The van der Waals surface area contributed by atoms with Crippen molar-refractivity contribution >= 4 is 59.5 Å². The Balaban J connectivity index is 3.72. The van der Waals surface area contributed by atoms with Crippen molar-refractivity contribution in [1.29, 1.82) is 0 Å². The van der Waals surface area contributed by atoms with Crippen LogP contribution in [0.15, 0.2) is 17.0 Å². The van der Waals surface area contributed by atoms with Gasteiger partial charge in [0.2, 0.25) is 0 Å². The van der Waals surface area contributed by atoms with Crippen LogP contribution in [-0.4, -0.2) is 89.5 Å². The average Bonchev–Trinajstić information content (AvgIpc) is 2.74. The van der Waals surface area contributed by atoms with Crippen molar-refractivity contribution < 1.29 is 35.5 Å². The quantitative estimate of drug-likeness (QED) is 0.104. The third-order valence-corrected chi connectivity index (χ3v) is 7.21. The molecule has 0 bridgehead atoms. The molecule has 1 aromatic rings. The van der Waals surface area contributed by atoms with Crippen LogP contribution in [0.4, 0.5) is 11.4 Å². The van der Waals surface area contributed by atoms with Crippen molar-refractivity contribution in [3.8, 4) is 0 Å². The molecule has 0 saturated carbocycles. The molecule has 0 heterocycles. The van der Waals surface area contributed by atoms with Gasteiger partial charge in [0.05, 0.1) is 34.1 Å². The Hall–Kier alpha value is -2.10. The van der Waals surface area contributed by atoms with Gasteiger partial charge >= 0.3 is 0 Å². The minimum absolute atomic E-state index is 0.00568. The lowest BCUT2D eigenvalue weighted by Crippen LogP contribution is -2.33. The number of nitro groups is 1. The van der Waals surface area contributed by atoms with E-state index in [-0.39, 0.29) is 54.6 Å².